The molecule has 2 heterocycles. The Bertz CT molecular complexity index is 895. The van der Waals surface area contributed by atoms with Gasteiger partial charge in [0.25, 0.3) is 0 Å². The van der Waals surface area contributed by atoms with Crippen LogP contribution in [-0.2, 0) is 19.3 Å². The van der Waals surface area contributed by atoms with Crippen LogP contribution in [0.4, 0.5) is 0 Å². The molecule has 0 bridgehead atoms. The van der Waals surface area contributed by atoms with Crippen molar-refractivity contribution in [1.29, 1.82) is 5.26 Å². The number of hydrogen-bond donors (Lipinski definition) is 0. The summed E-state index contributed by atoms with van der Waals surface area (Å²) in [5, 5.41) is 9.18. The number of thiazole rings is 1. The van der Waals surface area contributed by atoms with Crippen molar-refractivity contribution in [3.63, 3.8) is 0 Å². The second-order valence-corrected chi connectivity index (χ2v) is 7.14. The van der Waals surface area contributed by atoms with Crippen LogP contribution in [-0.4, -0.2) is 9.38 Å². The van der Waals surface area contributed by atoms with Crippen LogP contribution in [0.15, 0.2) is 24.4 Å². The third-order valence-electron chi connectivity index (χ3n) is 4.41. The zero-order valence-electron chi connectivity index (χ0n) is 12.6. The Morgan fingerprint density at radius 2 is 2.09 bits per heavy atom. The number of rotatable bonds is 2. The summed E-state index contributed by atoms with van der Waals surface area (Å²) in [6, 6.07) is 8.99. The Morgan fingerprint density at radius 1 is 1.27 bits per heavy atom. The zero-order chi connectivity index (χ0) is 15.1. The Hall–Kier alpha value is -2.12. The third-order valence-corrected chi connectivity index (χ3v) is 5.31. The van der Waals surface area contributed by atoms with Gasteiger partial charge in [0.1, 0.15) is 0 Å². The molecular formula is C18H17N3S. The van der Waals surface area contributed by atoms with Crippen molar-refractivity contribution in [3.8, 4) is 17.3 Å². The van der Waals surface area contributed by atoms with E-state index in [1.807, 2.05) is 0 Å². The first kappa shape index (κ1) is 13.5. The molecule has 0 saturated heterocycles. The van der Waals surface area contributed by atoms with Crippen LogP contribution >= 0.6 is 11.3 Å². The van der Waals surface area contributed by atoms with E-state index >= 15 is 0 Å². The van der Waals surface area contributed by atoms with E-state index in [4.69, 9.17) is 4.98 Å². The number of benzene rings is 1. The molecule has 0 radical (unpaired) electrons. The molecule has 2 aromatic heterocycles. The highest BCUT2D eigenvalue weighted by atomic mass is 32.1. The molecule has 0 spiro atoms. The lowest BCUT2D eigenvalue weighted by atomic mass is 9.89. The van der Waals surface area contributed by atoms with E-state index in [0.717, 1.165) is 28.3 Å². The number of aromatic nitrogens is 2. The molecule has 4 heteroatoms. The van der Waals surface area contributed by atoms with Gasteiger partial charge in [0, 0.05) is 16.6 Å². The van der Waals surface area contributed by atoms with Crippen LogP contribution in [0.3, 0.4) is 0 Å². The highest BCUT2D eigenvalue weighted by molar-refractivity contribution is 7.17. The molecule has 0 unspecified atom stereocenters. The van der Waals surface area contributed by atoms with Gasteiger partial charge in [-0.1, -0.05) is 12.1 Å². The fraction of sp³-hybridized carbons (Fsp3) is 0.333. The minimum absolute atomic E-state index is 0.393. The number of nitrogens with zero attached hydrogens (tertiary/aromatic N) is 3. The van der Waals surface area contributed by atoms with Gasteiger partial charge < -0.3 is 0 Å². The van der Waals surface area contributed by atoms with E-state index in [2.05, 4.69) is 41.8 Å². The first-order valence-corrected chi connectivity index (χ1v) is 8.54. The van der Waals surface area contributed by atoms with Crippen molar-refractivity contribution < 1.29 is 0 Å². The molecule has 1 aliphatic carbocycles. The molecule has 0 atom stereocenters. The van der Waals surface area contributed by atoms with Gasteiger partial charge in [-0.3, -0.25) is 4.40 Å². The van der Waals surface area contributed by atoms with Crippen molar-refractivity contribution in [2.45, 2.75) is 39.0 Å². The Morgan fingerprint density at radius 3 is 2.91 bits per heavy atom. The quantitative estimate of drug-likeness (QED) is 0.707. The predicted molar refractivity (Wildman–Crippen MR) is 89.2 cm³/mol. The molecule has 0 N–H and O–H groups in total. The molecular weight excluding hydrogens is 290 g/mol. The topological polar surface area (TPSA) is 41.1 Å². The fourth-order valence-corrected chi connectivity index (χ4v) is 4.20. The Labute approximate surface area is 133 Å². The van der Waals surface area contributed by atoms with Crippen LogP contribution in [0.25, 0.3) is 16.2 Å². The maximum Gasteiger partial charge on any atom is 0.194 e. The maximum atomic E-state index is 9.18. The second kappa shape index (κ2) is 5.26. The van der Waals surface area contributed by atoms with E-state index in [-0.39, 0.29) is 0 Å². The SMILES string of the molecule is Cc1cn2c(CC#N)c(-c3ccc4c(c3)CCCC4)nc2s1. The van der Waals surface area contributed by atoms with Crippen molar-refractivity contribution in [1.82, 2.24) is 9.38 Å². The number of nitriles is 1. The highest BCUT2D eigenvalue weighted by Crippen LogP contribution is 2.31. The molecule has 3 aromatic rings. The fourth-order valence-electron chi connectivity index (χ4n) is 3.36. The molecule has 3 nitrogen and oxygen atoms in total. The molecule has 0 aliphatic heterocycles. The summed E-state index contributed by atoms with van der Waals surface area (Å²) in [5.41, 5.74) is 6.08. The van der Waals surface area contributed by atoms with Crippen molar-refractivity contribution in [2.75, 3.05) is 0 Å². The smallest absolute Gasteiger partial charge is 0.194 e. The minimum atomic E-state index is 0.393. The molecule has 0 saturated carbocycles. The number of aryl methyl sites for hydroxylation is 3. The molecule has 0 fully saturated rings. The zero-order valence-corrected chi connectivity index (χ0v) is 13.4. The van der Waals surface area contributed by atoms with E-state index in [9.17, 15) is 5.26 Å². The van der Waals surface area contributed by atoms with Crippen LogP contribution in [0.1, 0.15) is 34.5 Å². The number of hydrogen-bond acceptors (Lipinski definition) is 3. The lowest BCUT2D eigenvalue weighted by Gasteiger charge is -2.16. The molecule has 4 rings (SSSR count). The average Bonchev–Trinajstić information content (AvgIpc) is 3.04. The molecule has 1 aliphatic rings. The van der Waals surface area contributed by atoms with Gasteiger partial charge in [0.15, 0.2) is 4.96 Å². The summed E-state index contributed by atoms with van der Waals surface area (Å²) in [6.07, 6.45) is 7.41. The van der Waals surface area contributed by atoms with Crippen LogP contribution in [0.2, 0.25) is 0 Å². The third kappa shape index (κ3) is 2.13. The van der Waals surface area contributed by atoms with Crippen molar-refractivity contribution >= 4 is 16.3 Å². The van der Waals surface area contributed by atoms with Crippen molar-refractivity contribution in [3.05, 3.63) is 46.1 Å². The monoisotopic (exact) mass is 307 g/mol. The normalized spacial score (nSPS) is 14.0. The number of fused-ring (bicyclic) bond motifs is 2. The van der Waals surface area contributed by atoms with E-state index in [1.54, 1.807) is 11.3 Å². The van der Waals surface area contributed by atoms with Gasteiger partial charge in [0.05, 0.1) is 23.9 Å². The standard InChI is InChI=1S/C18H17N3S/c1-12-11-21-16(8-9-19)17(20-18(21)22-12)15-7-6-13-4-2-3-5-14(13)10-15/h6-7,10-11H,2-5,8H2,1H3. The highest BCUT2D eigenvalue weighted by Gasteiger charge is 2.17. The molecule has 0 amide bonds. The lowest BCUT2D eigenvalue weighted by molar-refractivity contribution is 0.686. The first-order chi connectivity index (χ1) is 10.8. The Balaban J connectivity index is 1.88. The van der Waals surface area contributed by atoms with E-state index in [0.29, 0.717) is 6.42 Å². The van der Waals surface area contributed by atoms with Gasteiger partial charge >= 0.3 is 0 Å². The largest absolute Gasteiger partial charge is 0.293 e. The van der Waals surface area contributed by atoms with E-state index < -0.39 is 0 Å². The van der Waals surface area contributed by atoms with Crippen molar-refractivity contribution in [2.24, 2.45) is 0 Å². The Kier molecular flexibility index (Phi) is 3.24. The molecule has 1 aromatic carbocycles. The summed E-state index contributed by atoms with van der Waals surface area (Å²) in [5.74, 6) is 0. The van der Waals surface area contributed by atoms with Gasteiger partial charge in [-0.25, -0.2) is 4.98 Å². The summed E-state index contributed by atoms with van der Waals surface area (Å²) >= 11 is 1.68. The first-order valence-electron chi connectivity index (χ1n) is 7.73. The summed E-state index contributed by atoms with van der Waals surface area (Å²) in [4.78, 5) is 7.00. The average molecular weight is 307 g/mol. The van der Waals surface area contributed by atoms with Crippen LogP contribution < -0.4 is 0 Å². The van der Waals surface area contributed by atoms with Gasteiger partial charge in [-0.2, -0.15) is 5.26 Å². The van der Waals surface area contributed by atoms with Crippen LogP contribution in [0, 0.1) is 18.3 Å². The van der Waals surface area contributed by atoms with Gasteiger partial charge in [0.2, 0.25) is 0 Å². The summed E-state index contributed by atoms with van der Waals surface area (Å²) < 4.78 is 2.08. The lowest BCUT2D eigenvalue weighted by Crippen LogP contribution is -2.02. The minimum Gasteiger partial charge on any atom is -0.293 e. The maximum absolute atomic E-state index is 9.18. The van der Waals surface area contributed by atoms with Gasteiger partial charge in [-0.05, 0) is 49.8 Å². The van der Waals surface area contributed by atoms with Crippen LogP contribution in [0.5, 0.6) is 0 Å². The van der Waals surface area contributed by atoms with E-state index in [1.165, 1.54) is 35.3 Å². The predicted octanol–water partition coefficient (Wildman–Crippen LogP) is 4.32. The number of imidazole rings is 1. The summed E-state index contributed by atoms with van der Waals surface area (Å²) in [7, 11) is 0. The van der Waals surface area contributed by atoms with Gasteiger partial charge in [-0.15, -0.1) is 11.3 Å². The molecule has 22 heavy (non-hydrogen) atoms. The summed E-state index contributed by atoms with van der Waals surface area (Å²) in [6.45, 7) is 2.08. The second-order valence-electron chi connectivity index (χ2n) is 5.93. The molecule has 110 valence electrons.